The van der Waals surface area contributed by atoms with Crippen LogP contribution < -0.4 is 0 Å². The molecule has 0 N–H and O–H groups in total. The minimum absolute atomic E-state index is 0.00501. The number of benzene rings is 1. The molecule has 22 heavy (non-hydrogen) atoms. The van der Waals surface area contributed by atoms with Crippen molar-refractivity contribution in [2.75, 3.05) is 32.9 Å². The number of rotatable bonds is 4. The Hall–Kier alpha value is -1.84. The molecule has 0 aromatic heterocycles. The molecule has 1 aromatic carbocycles. The predicted molar refractivity (Wildman–Crippen MR) is 80.6 cm³/mol. The summed E-state index contributed by atoms with van der Waals surface area (Å²) in [7, 11) is -0.846. The largest absolute Gasteiger partial charge is 0.448 e. The molecular formula is C13H17N3O5S. The number of carbonyl (C=O) groups excluding carboxylic acids is 1. The van der Waals surface area contributed by atoms with Gasteiger partial charge in [-0.05, 0) is 19.1 Å². The highest BCUT2D eigenvalue weighted by Gasteiger charge is 2.19. The first-order valence-electron chi connectivity index (χ1n) is 6.82. The van der Waals surface area contributed by atoms with Crippen LogP contribution in [0, 0.1) is 10.1 Å². The van der Waals surface area contributed by atoms with Crippen LogP contribution in [0.25, 0.3) is 0 Å². The lowest BCUT2D eigenvalue weighted by molar-refractivity contribution is -0.384. The second kappa shape index (κ2) is 7.97. The Labute approximate surface area is 130 Å². The Morgan fingerprint density at radius 1 is 1.41 bits per heavy atom. The molecule has 0 bridgehead atoms. The number of nitro benzene ring substituents is 1. The third-order valence-electron chi connectivity index (χ3n) is 2.90. The number of hydrogen-bond donors (Lipinski definition) is 0. The van der Waals surface area contributed by atoms with Crippen molar-refractivity contribution in [3.05, 3.63) is 34.4 Å². The molecule has 0 aliphatic carbocycles. The number of morpholine rings is 1. The molecule has 1 aliphatic rings. The van der Waals surface area contributed by atoms with Crippen LogP contribution in [0.15, 0.2) is 33.5 Å². The molecule has 0 spiro atoms. The van der Waals surface area contributed by atoms with Gasteiger partial charge in [0.05, 0.1) is 24.7 Å². The van der Waals surface area contributed by atoms with E-state index in [1.165, 1.54) is 12.1 Å². The molecule has 120 valence electrons. The fourth-order valence-corrected chi connectivity index (χ4v) is 3.48. The molecule has 2 rings (SSSR count). The average Bonchev–Trinajstić information content (AvgIpc) is 2.54. The Morgan fingerprint density at radius 2 is 2.05 bits per heavy atom. The molecule has 1 fully saturated rings. The van der Waals surface area contributed by atoms with Gasteiger partial charge in [-0.25, -0.2) is 9.10 Å². The number of nitro groups is 1. The quantitative estimate of drug-likeness (QED) is 0.621. The van der Waals surface area contributed by atoms with E-state index in [9.17, 15) is 14.9 Å². The van der Waals surface area contributed by atoms with E-state index in [2.05, 4.69) is 4.36 Å². The maximum atomic E-state index is 11.7. The SMILES string of the molecule is CCOC(=O)N=S(c1ccc([N+](=O)[O-])cc1)N1CCOCC1. The Bertz CT molecular complexity index is 570. The van der Waals surface area contributed by atoms with E-state index in [1.54, 1.807) is 19.1 Å². The molecule has 1 heterocycles. The molecule has 9 heteroatoms. The molecule has 0 radical (unpaired) electrons. The number of amides is 1. The molecular weight excluding hydrogens is 310 g/mol. The van der Waals surface area contributed by atoms with Gasteiger partial charge in [0, 0.05) is 41.0 Å². The standard InChI is InChI=1S/C13H17N3O5S/c1-2-21-13(17)14-22(15-7-9-20-10-8-15)12-5-3-11(4-6-12)16(18)19/h3-6H,2,7-10H2,1H3. The normalized spacial score (nSPS) is 17.1. The van der Waals surface area contributed by atoms with E-state index in [1.807, 2.05) is 4.31 Å². The van der Waals surface area contributed by atoms with Crippen molar-refractivity contribution in [3.63, 3.8) is 0 Å². The van der Waals surface area contributed by atoms with Gasteiger partial charge in [0.1, 0.15) is 0 Å². The number of ether oxygens (including phenoxy) is 2. The van der Waals surface area contributed by atoms with Crippen molar-refractivity contribution in [2.24, 2.45) is 4.36 Å². The summed E-state index contributed by atoms with van der Waals surface area (Å²) in [5.41, 5.74) is 0.00501. The minimum Gasteiger partial charge on any atom is -0.448 e. The molecule has 0 saturated carbocycles. The first kappa shape index (κ1) is 16.5. The third kappa shape index (κ3) is 4.33. The van der Waals surface area contributed by atoms with Gasteiger partial charge >= 0.3 is 6.09 Å². The third-order valence-corrected chi connectivity index (χ3v) is 4.77. The van der Waals surface area contributed by atoms with Gasteiger partial charge in [-0.1, -0.05) is 0 Å². The van der Waals surface area contributed by atoms with Gasteiger partial charge in [-0.2, -0.15) is 0 Å². The summed E-state index contributed by atoms with van der Waals surface area (Å²) >= 11 is 0. The fourth-order valence-electron chi connectivity index (χ4n) is 1.89. The topological polar surface area (TPSA) is 94.3 Å². The van der Waals surface area contributed by atoms with E-state index in [4.69, 9.17) is 9.47 Å². The van der Waals surface area contributed by atoms with Crippen molar-refractivity contribution in [2.45, 2.75) is 11.8 Å². The van der Waals surface area contributed by atoms with Gasteiger partial charge in [0.25, 0.3) is 5.69 Å². The van der Waals surface area contributed by atoms with Gasteiger partial charge in [-0.15, -0.1) is 4.36 Å². The van der Waals surface area contributed by atoms with Crippen LogP contribution >= 0.6 is 0 Å². The van der Waals surface area contributed by atoms with Crippen molar-refractivity contribution in [1.82, 2.24) is 4.31 Å². The summed E-state index contributed by atoms with van der Waals surface area (Å²) < 4.78 is 16.3. The number of carbonyl (C=O) groups is 1. The maximum absolute atomic E-state index is 11.7. The van der Waals surface area contributed by atoms with Gasteiger partial charge in [0.2, 0.25) is 0 Å². The van der Waals surface area contributed by atoms with Gasteiger partial charge in [-0.3, -0.25) is 10.1 Å². The van der Waals surface area contributed by atoms with E-state index < -0.39 is 21.9 Å². The van der Waals surface area contributed by atoms with E-state index in [0.29, 0.717) is 26.3 Å². The Kier molecular flexibility index (Phi) is 5.99. The van der Waals surface area contributed by atoms with E-state index in [-0.39, 0.29) is 12.3 Å². The van der Waals surface area contributed by atoms with Crippen LogP contribution in [0.4, 0.5) is 10.5 Å². The highest BCUT2D eigenvalue weighted by atomic mass is 32.2. The molecule has 1 atom stereocenters. The zero-order valence-electron chi connectivity index (χ0n) is 12.1. The number of non-ortho nitro benzene ring substituents is 1. The molecule has 1 saturated heterocycles. The lowest BCUT2D eigenvalue weighted by Crippen LogP contribution is -2.37. The van der Waals surface area contributed by atoms with Crippen molar-refractivity contribution in [3.8, 4) is 0 Å². The smallest absolute Gasteiger partial charge is 0.441 e. The summed E-state index contributed by atoms with van der Waals surface area (Å²) in [5, 5.41) is 10.7. The molecule has 1 amide bonds. The zero-order chi connectivity index (χ0) is 15.9. The van der Waals surface area contributed by atoms with E-state index >= 15 is 0 Å². The molecule has 1 aromatic rings. The predicted octanol–water partition coefficient (Wildman–Crippen LogP) is 2.16. The summed E-state index contributed by atoms with van der Waals surface area (Å²) in [6.45, 7) is 4.38. The second-order valence-corrected chi connectivity index (χ2v) is 6.05. The molecule has 8 nitrogen and oxygen atoms in total. The van der Waals surface area contributed by atoms with Gasteiger partial charge in [0.15, 0.2) is 0 Å². The van der Waals surface area contributed by atoms with Crippen LogP contribution in [0.1, 0.15) is 6.92 Å². The maximum Gasteiger partial charge on any atom is 0.441 e. The van der Waals surface area contributed by atoms with E-state index in [0.717, 1.165) is 4.90 Å². The summed E-state index contributed by atoms with van der Waals surface area (Å²) in [6, 6.07) is 6.08. The van der Waals surface area contributed by atoms with Gasteiger partial charge < -0.3 is 9.47 Å². The molecule has 1 aliphatic heterocycles. The summed E-state index contributed by atoms with van der Waals surface area (Å²) in [6.07, 6.45) is -0.629. The summed E-state index contributed by atoms with van der Waals surface area (Å²) in [5.74, 6) is 0. The lowest BCUT2D eigenvalue weighted by Gasteiger charge is -2.28. The van der Waals surface area contributed by atoms with Crippen LogP contribution in [-0.4, -0.2) is 48.2 Å². The number of nitrogens with zero attached hydrogens (tertiary/aromatic N) is 3. The average molecular weight is 327 g/mol. The van der Waals surface area contributed by atoms with Crippen molar-refractivity contribution < 1.29 is 19.2 Å². The van der Waals surface area contributed by atoms with Crippen molar-refractivity contribution in [1.29, 1.82) is 0 Å². The monoisotopic (exact) mass is 327 g/mol. The molecule has 1 unspecified atom stereocenters. The Morgan fingerprint density at radius 3 is 2.59 bits per heavy atom. The van der Waals surface area contributed by atoms with Crippen molar-refractivity contribution >= 4 is 22.7 Å². The minimum atomic E-state index is -0.846. The first-order valence-corrected chi connectivity index (χ1v) is 7.96. The number of hydrogen-bond acceptors (Lipinski definition) is 5. The highest BCUT2D eigenvalue weighted by Crippen LogP contribution is 2.19. The van der Waals surface area contributed by atoms with Crippen LogP contribution in [0.2, 0.25) is 0 Å². The van der Waals surface area contributed by atoms with Crippen LogP contribution in [0.5, 0.6) is 0 Å². The highest BCUT2D eigenvalue weighted by molar-refractivity contribution is 7.85. The van der Waals surface area contributed by atoms with Crippen LogP contribution in [-0.2, 0) is 20.4 Å². The Balaban J connectivity index is 2.30. The fraction of sp³-hybridized carbons (Fsp3) is 0.462. The first-order chi connectivity index (χ1) is 10.6. The van der Waals surface area contributed by atoms with Crippen LogP contribution in [0.3, 0.4) is 0 Å². The lowest BCUT2D eigenvalue weighted by atomic mass is 10.3. The summed E-state index contributed by atoms with van der Waals surface area (Å²) in [4.78, 5) is 22.7. The second-order valence-electron chi connectivity index (χ2n) is 4.35. The zero-order valence-corrected chi connectivity index (χ0v) is 13.0.